The molecule has 0 radical (unpaired) electrons. The number of amides is 1. The van der Waals surface area contributed by atoms with Crippen LogP contribution in [0.2, 0.25) is 0 Å². The summed E-state index contributed by atoms with van der Waals surface area (Å²) in [5, 5.41) is 11.2. The van der Waals surface area contributed by atoms with Crippen molar-refractivity contribution >= 4 is 17.4 Å². The minimum atomic E-state index is -0.644. The Labute approximate surface area is 181 Å². The fourth-order valence-electron chi connectivity index (χ4n) is 4.07. The Morgan fingerprint density at radius 2 is 1.84 bits per heavy atom. The quantitative estimate of drug-likeness (QED) is 0.375. The predicted octanol–water partition coefficient (Wildman–Crippen LogP) is 4.01. The summed E-state index contributed by atoms with van der Waals surface area (Å²) in [6, 6.07) is 14.5. The van der Waals surface area contributed by atoms with E-state index in [4.69, 9.17) is 0 Å². The molecule has 1 aromatic heterocycles. The SMILES string of the molecule is Cc1ccc(C)c(C(O)=C2C(=O)C(=O)N(CCCn3ccnc3)C2c2ccccc2)c1. The van der Waals surface area contributed by atoms with Gasteiger partial charge >= 0.3 is 0 Å². The maximum Gasteiger partial charge on any atom is 0.295 e. The number of carbonyl (C=O) groups excluding carboxylic acids is 2. The van der Waals surface area contributed by atoms with E-state index in [1.54, 1.807) is 17.4 Å². The van der Waals surface area contributed by atoms with Gasteiger partial charge in [0.2, 0.25) is 0 Å². The lowest BCUT2D eigenvalue weighted by atomic mass is 9.93. The van der Waals surface area contributed by atoms with Crippen LogP contribution < -0.4 is 0 Å². The molecule has 0 aliphatic carbocycles. The van der Waals surface area contributed by atoms with Crippen LogP contribution in [0.5, 0.6) is 0 Å². The highest BCUT2D eigenvalue weighted by Gasteiger charge is 2.45. The molecular formula is C25H25N3O3. The zero-order valence-electron chi connectivity index (χ0n) is 17.7. The summed E-state index contributed by atoms with van der Waals surface area (Å²) in [4.78, 5) is 31.7. The van der Waals surface area contributed by atoms with Crippen molar-refractivity contribution in [2.24, 2.45) is 0 Å². The molecule has 0 spiro atoms. The number of ketones is 1. The number of aliphatic hydroxyl groups excluding tert-OH is 1. The zero-order valence-corrected chi connectivity index (χ0v) is 17.7. The van der Waals surface area contributed by atoms with Gasteiger partial charge in [0.15, 0.2) is 0 Å². The Morgan fingerprint density at radius 3 is 2.55 bits per heavy atom. The Hall–Kier alpha value is -3.67. The molecule has 4 rings (SSSR count). The second kappa shape index (κ2) is 8.60. The Morgan fingerprint density at radius 1 is 1.06 bits per heavy atom. The highest BCUT2D eigenvalue weighted by Crippen LogP contribution is 2.39. The smallest absolute Gasteiger partial charge is 0.295 e. The topological polar surface area (TPSA) is 75.4 Å². The molecule has 3 aromatic rings. The molecular weight excluding hydrogens is 390 g/mol. The number of hydrogen-bond acceptors (Lipinski definition) is 4. The van der Waals surface area contributed by atoms with Gasteiger partial charge in [-0.2, -0.15) is 0 Å². The van der Waals surface area contributed by atoms with Crippen molar-refractivity contribution in [1.82, 2.24) is 14.5 Å². The van der Waals surface area contributed by atoms with Gasteiger partial charge in [0.1, 0.15) is 5.76 Å². The van der Waals surface area contributed by atoms with Crippen LogP contribution in [0, 0.1) is 13.8 Å². The first-order valence-corrected chi connectivity index (χ1v) is 10.3. The second-order valence-corrected chi connectivity index (χ2v) is 7.88. The van der Waals surface area contributed by atoms with Crippen molar-refractivity contribution in [1.29, 1.82) is 0 Å². The zero-order chi connectivity index (χ0) is 22.0. The van der Waals surface area contributed by atoms with Gasteiger partial charge in [-0.15, -0.1) is 0 Å². The summed E-state index contributed by atoms with van der Waals surface area (Å²) in [5.74, 6) is -1.34. The number of hydrogen-bond donors (Lipinski definition) is 1. The average Bonchev–Trinajstić information content (AvgIpc) is 3.38. The van der Waals surface area contributed by atoms with Crippen molar-refractivity contribution < 1.29 is 14.7 Å². The molecule has 1 aliphatic heterocycles. The number of aromatic nitrogens is 2. The lowest BCUT2D eigenvalue weighted by Gasteiger charge is -2.25. The molecule has 1 unspecified atom stereocenters. The monoisotopic (exact) mass is 415 g/mol. The first-order valence-electron chi connectivity index (χ1n) is 10.3. The third-order valence-corrected chi connectivity index (χ3v) is 5.68. The minimum Gasteiger partial charge on any atom is -0.507 e. The molecule has 6 nitrogen and oxygen atoms in total. The van der Waals surface area contributed by atoms with E-state index in [1.165, 1.54) is 0 Å². The average molecular weight is 415 g/mol. The van der Waals surface area contributed by atoms with Gasteiger partial charge < -0.3 is 14.6 Å². The predicted molar refractivity (Wildman–Crippen MR) is 118 cm³/mol. The minimum absolute atomic E-state index is 0.120. The number of imidazole rings is 1. The van der Waals surface area contributed by atoms with Crippen LogP contribution >= 0.6 is 0 Å². The largest absolute Gasteiger partial charge is 0.507 e. The summed E-state index contributed by atoms with van der Waals surface area (Å²) >= 11 is 0. The van der Waals surface area contributed by atoms with Crippen LogP contribution in [0.1, 0.15) is 34.7 Å². The standard InChI is InChI=1S/C25H25N3O3/c1-17-9-10-18(2)20(15-17)23(29)21-22(19-7-4-3-5-8-19)28(25(31)24(21)30)13-6-12-27-14-11-26-16-27/h3-5,7-11,14-16,22,29H,6,12-13H2,1-2H3. The van der Waals surface area contributed by atoms with E-state index in [-0.39, 0.29) is 11.3 Å². The number of carbonyl (C=O) groups is 2. The third kappa shape index (κ3) is 4.01. The second-order valence-electron chi connectivity index (χ2n) is 7.88. The highest BCUT2D eigenvalue weighted by molar-refractivity contribution is 6.46. The number of nitrogens with zero attached hydrogens (tertiary/aromatic N) is 3. The van der Waals surface area contributed by atoms with Gasteiger partial charge in [-0.1, -0.05) is 48.0 Å². The summed E-state index contributed by atoms with van der Waals surface area (Å²) in [6.07, 6.45) is 5.96. The number of aryl methyl sites for hydroxylation is 3. The van der Waals surface area contributed by atoms with E-state index in [1.807, 2.05) is 73.1 Å². The molecule has 2 aromatic carbocycles. The van der Waals surface area contributed by atoms with E-state index in [0.717, 1.165) is 16.7 Å². The van der Waals surface area contributed by atoms with E-state index in [9.17, 15) is 14.7 Å². The van der Waals surface area contributed by atoms with E-state index < -0.39 is 17.7 Å². The van der Waals surface area contributed by atoms with E-state index in [0.29, 0.717) is 25.1 Å². The number of rotatable bonds is 6. The van der Waals surface area contributed by atoms with Gasteiger partial charge in [-0.05, 0) is 37.5 Å². The molecule has 2 heterocycles. The van der Waals surface area contributed by atoms with Crippen LogP contribution in [-0.2, 0) is 16.1 Å². The molecule has 1 atom stereocenters. The van der Waals surface area contributed by atoms with Crippen molar-refractivity contribution in [2.45, 2.75) is 32.9 Å². The van der Waals surface area contributed by atoms with Crippen molar-refractivity contribution in [3.63, 3.8) is 0 Å². The summed E-state index contributed by atoms with van der Waals surface area (Å²) < 4.78 is 1.93. The molecule has 1 aliphatic rings. The molecule has 1 saturated heterocycles. The molecule has 6 heteroatoms. The van der Waals surface area contributed by atoms with Crippen molar-refractivity contribution in [3.8, 4) is 0 Å². The van der Waals surface area contributed by atoms with Gasteiger partial charge in [-0.3, -0.25) is 9.59 Å². The van der Waals surface area contributed by atoms with E-state index in [2.05, 4.69) is 4.98 Å². The van der Waals surface area contributed by atoms with Crippen LogP contribution in [-0.4, -0.2) is 37.8 Å². The van der Waals surface area contributed by atoms with Crippen LogP contribution in [0.3, 0.4) is 0 Å². The molecule has 0 bridgehead atoms. The summed E-state index contributed by atoms with van der Waals surface area (Å²) in [6.45, 7) is 4.89. The third-order valence-electron chi connectivity index (χ3n) is 5.68. The number of aliphatic hydroxyl groups is 1. The number of likely N-dealkylation sites (tertiary alicyclic amines) is 1. The maximum absolute atomic E-state index is 13.1. The molecule has 1 amide bonds. The van der Waals surface area contributed by atoms with Crippen LogP contribution in [0.4, 0.5) is 0 Å². The normalized spacial score (nSPS) is 18.0. The lowest BCUT2D eigenvalue weighted by molar-refractivity contribution is -0.139. The van der Waals surface area contributed by atoms with Gasteiger partial charge in [0.25, 0.3) is 11.7 Å². The van der Waals surface area contributed by atoms with Crippen LogP contribution in [0.25, 0.3) is 5.76 Å². The Bertz CT molecular complexity index is 1130. The van der Waals surface area contributed by atoms with Gasteiger partial charge in [0.05, 0.1) is 17.9 Å². The van der Waals surface area contributed by atoms with Crippen molar-refractivity contribution in [3.05, 3.63) is 95.1 Å². The van der Waals surface area contributed by atoms with Gasteiger partial charge in [-0.25, -0.2) is 4.98 Å². The number of Topliss-reactive ketones (excluding diaryl/α,β-unsaturated/α-hetero) is 1. The first-order chi connectivity index (χ1) is 15.0. The maximum atomic E-state index is 13.1. The Balaban J connectivity index is 1.75. The van der Waals surface area contributed by atoms with E-state index >= 15 is 0 Å². The Kier molecular flexibility index (Phi) is 5.71. The number of benzene rings is 2. The lowest BCUT2D eigenvalue weighted by Crippen LogP contribution is -2.31. The molecule has 0 saturated carbocycles. The fourth-order valence-corrected chi connectivity index (χ4v) is 4.07. The highest BCUT2D eigenvalue weighted by atomic mass is 16.3. The molecule has 1 fully saturated rings. The molecule has 31 heavy (non-hydrogen) atoms. The fraction of sp³-hybridized carbons (Fsp3) is 0.240. The summed E-state index contributed by atoms with van der Waals surface area (Å²) in [7, 11) is 0. The molecule has 1 N–H and O–H groups in total. The van der Waals surface area contributed by atoms with Crippen molar-refractivity contribution in [2.75, 3.05) is 6.54 Å². The van der Waals surface area contributed by atoms with Gasteiger partial charge in [0, 0.05) is 31.0 Å². The summed E-state index contributed by atoms with van der Waals surface area (Å²) in [5.41, 5.74) is 3.35. The van der Waals surface area contributed by atoms with Crippen LogP contribution in [0.15, 0.2) is 72.8 Å². The molecule has 158 valence electrons. The first kappa shape index (κ1) is 20.6.